The fraction of sp³-hybridized carbons (Fsp3) is 0.588. The number of benzene rings is 1. The Morgan fingerprint density at radius 2 is 2.10 bits per heavy atom. The summed E-state index contributed by atoms with van der Waals surface area (Å²) in [6.45, 7) is 1.20. The second kappa shape index (κ2) is 5.76. The van der Waals surface area contributed by atoms with E-state index in [1.54, 1.807) is 12.0 Å². The summed E-state index contributed by atoms with van der Waals surface area (Å²) in [5.74, 6) is -0.0763. The molecule has 1 amide bonds. The first-order valence-corrected chi connectivity index (χ1v) is 7.67. The minimum absolute atomic E-state index is 0.143. The van der Waals surface area contributed by atoms with Crippen molar-refractivity contribution >= 4 is 5.91 Å². The fourth-order valence-corrected chi connectivity index (χ4v) is 3.23. The number of halogens is 1. The number of piperidine rings is 1. The van der Waals surface area contributed by atoms with Gasteiger partial charge in [-0.1, -0.05) is 30.3 Å². The molecule has 1 saturated heterocycles. The molecular formula is C17H22FNO2. The number of hydrogen-bond donors (Lipinski definition) is 0. The van der Waals surface area contributed by atoms with Crippen molar-refractivity contribution in [3.63, 3.8) is 0 Å². The smallest absolute Gasteiger partial charge is 0.260 e. The Hall–Kier alpha value is -1.42. The molecule has 1 aromatic carbocycles. The molecule has 0 unspecified atom stereocenters. The predicted molar refractivity (Wildman–Crippen MR) is 78.7 cm³/mol. The van der Waals surface area contributed by atoms with Gasteiger partial charge in [-0.15, -0.1) is 0 Å². The van der Waals surface area contributed by atoms with Crippen LogP contribution in [0.4, 0.5) is 4.39 Å². The van der Waals surface area contributed by atoms with Gasteiger partial charge >= 0.3 is 0 Å². The Balaban J connectivity index is 1.68. The lowest BCUT2D eigenvalue weighted by Crippen LogP contribution is -2.50. The number of alkyl halides is 1. The third kappa shape index (κ3) is 3.10. The van der Waals surface area contributed by atoms with Crippen LogP contribution < -0.4 is 0 Å². The Morgan fingerprint density at radius 1 is 1.38 bits per heavy atom. The lowest BCUT2D eigenvalue weighted by atomic mass is 9.88. The van der Waals surface area contributed by atoms with Gasteiger partial charge in [0, 0.05) is 26.1 Å². The van der Waals surface area contributed by atoms with Crippen molar-refractivity contribution in [2.24, 2.45) is 5.92 Å². The molecule has 0 bridgehead atoms. The third-order valence-corrected chi connectivity index (χ3v) is 4.67. The van der Waals surface area contributed by atoms with E-state index < -0.39 is 5.67 Å². The van der Waals surface area contributed by atoms with Crippen molar-refractivity contribution in [3.8, 4) is 0 Å². The highest BCUT2D eigenvalue weighted by Gasteiger charge is 2.53. The molecule has 1 aliphatic heterocycles. The highest BCUT2D eigenvalue weighted by molar-refractivity contribution is 5.88. The second-order valence-electron chi connectivity index (χ2n) is 6.23. The second-order valence-corrected chi connectivity index (χ2v) is 6.23. The molecule has 3 nitrogen and oxygen atoms in total. The van der Waals surface area contributed by atoms with Crippen molar-refractivity contribution in [2.45, 2.75) is 37.5 Å². The summed E-state index contributed by atoms with van der Waals surface area (Å²) < 4.78 is 19.6. The van der Waals surface area contributed by atoms with Crippen LogP contribution >= 0.6 is 0 Å². The standard InChI is InChI=1S/C17H22FNO2/c1-21-15-7-10-19(16(20)17(18)8-9-17)12-14(15)11-13-5-3-2-4-6-13/h2-6,14-15H,7-12H2,1H3/t14-,15-/m1/s1. The van der Waals surface area contributed by atoms with Crippen LogP contribution in [0.15, 0.2) is 30.3 Å². The maximum atomic E-state index is 14.0. The third-order valence-electron chi connectivity index (χ3n) is 4.67. The van der Waals surface area contributed by atoms with Crippen molar-refractivity contribution < 1.29 is 13.9 Å². The molecule has 2 fully saturated rings. The van der Waals surface area contributed by atoms with Gasteiger partial charge < -0.3 is 9.64 Å². The van der Waals surface area contributed by atoms with E-state index in [0.717, 1.165) is 12.8 Å². The Bertz CT molecular complexity index is 501. The molecule has 1 heterocycles. The van der Waals surface area contributed by atoms with E-state index in [1.807, 2.05) is 18.2 Å². The molecule has 1 aromatic rings. The van der Waals surface area contributed by atoms with E-state index in [1.165, 1.54) is 5.56 Å². The number of hydrogen-bond acceptors (Lipinski definition) is 2. The van der Waals surface area contributed by atoms with E-state index in [-0.39, 0.29) is 17.9 Å². The molecule has 3 rings (SSSR count). The number of ether oxygens (including phenoxy) is 1. The summed E-state index contributed by atoms with van der Waals surface area (Å²) in [5, 5.41) is 0. The number of carbonyl (C=O) groups excluding carboxylic acids is 1. The highest BCUT2D eigenvalue weighted by Crippen LogP contribution is 2.42. The van der Waals surface area contributed by atoms with E-state index >= 15 is 0 Å². The van der Waals surface area contributed by atoms with Crippen molar-refractivity contribution in [1.82, 2.24) is 4.90 Å². The molecule has 0 radical (unpaired) electrons. The zero-order valence-corrected chi connectivity index (χ0v) is 12.4. The quantitative estimate of drug-likeness (QED) is 0.853. The van der Waals surface area contributed by atoms with E-state index in [2.05, 4.69) is 12.1 Å². The first-order valence-electron chi connectivity index (χ1n) is 7.67. The van der Waals surface area contributed by atoms with Gasteiger partial charge in [-0.2, -0.15) is 0 Å². The van der Waals surface area contributed by atoms with Crippen molar-refractivity contribution in [2.75, 3.05) is 20.2 Å². The highest BCUT2D eigenvalue weighted by atomic mass is 19.1. The van der Waals surface area contributed by atoms with E-state index in [4.69, 9.17) is 4.74 Å². The number of likely N-dealkylation sites (tertiary alicyclic amines) is 1. The summed E-state index contributed by atoms with van der Waals surface area (Å²) in [5.41, 5.74) is -0.322. The average Bonchev–Trinajstić information content (AvgIpc) is 3.26. The molecule has 0 N–H and O–H groups in total. The first kappa shape index (κ1) is 14.5. The van der Waals surface area contributed by atoms with Gasteiger partial charge in [0.15, 0.2) is 5.67 Å². The summed E-state index contributed by atoms with van der Waals surface area (Å²) >= 11 is 0. The van der Waals surface area contributed by atoms with Crippen LogP contribution in [0.5, 0.6) is 0 Å². The first-order chi connectivity index (χ1) is 10.1. The van der Waals surface area contributed by atoms with Crippen LogP contribution in [-0.2, 0) is 16.0 Å². The fourth-order valence-electron chi connectivity index (χ4n) is 3.23. The number of methoxy groups -OCH3 is 1. The summed E-state index contributed by atoms with van der Waals surface area (Å²) in [6.07, 6.45) is 2.57. The maximum Gasteiger partial charge on any atom is 0.260 e. The summed E-state index contributed by atoms with van der Waals surface area (Å²) in [4.78, 5) is 13.9. The van der Waals surface area contributed by atoms with E-state index in [9.17, 15) is 9.18 Å². The van der Waals surface area contributed by atoms with Gasteiger partial charge in [0.05, 0.1) is 6.10 Å². The minimum Gasteiger partial charge on any atom is -0.381 e. The zero-order chi connectivity index (χ0) is 14.9. The number of amides is 1. The normalized spacial score (nSPS) is 27.4. The van der Waals surface area contributed by atoms with Gasteiger partial charge in [-0.05, 0) is 31.2 Å². The topological polar surface area (TPSA) is 29.5 Å². The van der Waals surface area contributed by atoms with Crippen LogP contribution in [0.3, 0.4) is 0 Å². The molecule has 1 saturated carbocycles. The molecule has 0 aromatic heterocycles. The Labute approximate surface area is 125 Å². The van der Waals surface area contributed by atoms with Gasteiger partial charge in [0.2, 0.25) is 0 Å². The Morgan fingerprint density at radius 3 is 2.71 bits per heavy atom. The number of carbonyl (C=O) groups is 1. The molecule has 114 valence electrons. The van der Waals surface area contributed by atoms with Gasteiger partial charge in [0.25, 0.3) is 5.91 Å². The molecule has 2 aliphatic rings. The maximum absolute atomic E-state index is 14.0. The zero-order valence-electron chi connectivity index (χ0n) is 12.4. The lowest BCUT2D eigenvalue weighted by molar-refractivity contribution is -0.142. The van der Waals surface area contributed by atoms with E-state index in [0.29, 0.717) is 25.9 Å². The van der Waals surface area contributed by atoms with Crippen LogP contribution in [0, 0.1) is 5.92 Å². The van der Waals surface area contributed by atoms with Gasteiger partial charge in [-0.25, -0.2) is 4.39 Å². The molecule has 1 aliphatic carbocycles. The van der Waals surface area contributed by atoms with Gasteiger partial charge in [0.1, 0.15) is 0 Å². The summed E-state index contributed by atoms with van der Waals surface area (Å²) in [6, 6.07) is 10.2. The largest absolute Gasteiger partial charge is 0.381 e. The molecule has 2 atom stereocenters. The van der Waals surface area contributed by atoms with Crippen molar-refractivity contribution in [1.29, 1.82) is 0 Å². The average molecular weight is 291 g/mol. The van der Waals surface area contributed by atoms with Gasteiger partial charge in [-0.3, -0.25) is 4.79 Å². The van der Waals surface area contributed by atoms with Crippen LogP contribution in [0.25, 0.3) is 0 Å². The molecule has 21 heavy (non-hydrogen) atoms. The minimum atomic E-state index is -1.56. The van der Waals surface area contributed by atoms with Crippen LogP contribution in [0.1, 0.15) is 24.8 Å². The number of nitrogens with zero attached hydrogens (tertiary/aromatic N) is 1. The van der Waals surface area contributed by atoms with Crippen molar-refractivity contribution in [3.05, 3.63) is 35.9 Å². The molecular weight excluding hydrogens is 269 g/mol. The lowest BCUT2D eigenvalue weighted by Gasteiger charge is -2.38. The van der Waals surface area contributed by atoms with Crippen LogP contribution in [0.2, 0.25) is 0 Å². The monoisotopic (exact) mass is 291 g/mol. The molecule has 4 heteroatoms. The number of rotatable bonds is 4. The summed E-state index contributed by atoms with van der Waals surface area (Å²) in [7, 11) is 1.72. The van der Waals surface area contributed by atoms with Crippen LogP contribution in [-0.4, -0.2) is 42.8 Å². The SMILES string of the molecule is CO[C@@H]1CCN(C(=O)C2(F)CC2)C[C@H]1Cc1ccccc1. The predicted octanol–water partition coefficient (Wildman–Crippen LogP) is 2.59. The molecule has 0 spiro atoms. The Kier molecular flexibility index (Phi) is 3.98.